The summed E-state index contributed by atoms with van der Waals surface area (Å²) >= 11 is 0. The van der Waals surface area contributed by atoms with Gasteiger partial charge in [0.05, 0.1) is 11.8 Å². The van der Waals surface area contributed by atoms with Crippen molar-refractivity contribution in [3.05, 3.63) is 83.8 Å². The number of furan rings is 1. The number of rotatable bonds is 6. The maximum atomic E-state index is 12.9. The van der Waals surface area contributed by atoms with Gasteiger partial charge in [-0.2, -0.15) is 0 Å². The van der Waals surface area contributed by atoms with Gasteiger partial charge in [0.15, 0.2) is 11.5 Å². The van der Waals surface area contributed by atoms with Crippen molar-refractivity contribution in [2.45, 2.75) is 13.0 Å². The van der Waals surface area contributed by atoms with Crippen LogP contribution in [0.5, 0.6) is 11.5 Å². The molecule has 2 aromatic carbocycles. The number of benzene rings is 2. The molecule has 3 aromatic rings. The van der Waals surface area contributed by atoms with Crippen LogP contribution < -0.4 is 9.47 Å². The van der Waals surface area contributed by atoms with Gasteiger partial charge >= 0.3 is 0 Å². The summed E-state index contributed by atoms with van der Waals surface area (Å²) < 4.78 is 15.9. The van der Waals surface area contributed by atoms with E-state index >= 15 is 0 Å². The molecule has 2 heterocycles. The lowest BCUT2D eigenvalue weighted by atomic mass is 10.1. The molecule has 4 rings (SSSR count). The van der Waals surface area contributed by atoms with E-state index < -0.39 is 0 Å². The summed E-state index contributed by atoms with van der Waals surface area (Å²) in [6, 6.07) is 17.6. The van der Waals surface area contributed by atoms with Crippen molar-refractivity contribution in [2.24, 2.45) is 0 Å². The van der Waals surface area contributed by atoms with E-state index in [4.69, 9.17) is 13.9 Å². The number of fused-ring (bicyclic) bond motifs is 1. The van der Waals surface area contributed by atoms with Gasteiger partial charge in [-0.25, -0.2) is 0 Å². The molecule has 0 aliphatic carbocycles. The Morgan fingerprint density at radius 2 is 1.81 bits per heavy atom. The average Bonchev–Trinajstić information content (AvgIpc) is 3.36. The Bertz CT molecular complexity index is 874. The number of carbonyl (C=O) groups is 1. The molecule has 0 spiro atoms. The van der Waals surface area contributed by atoms with Gasteiger partial charge in [-0.05, 0) is 35.7 Å². The van der Waals surface area contributed by atoms with Gasteiger partial charge in [0.1, 0.15) is 6.26 Å². The predicted octanol–water partition coefficient (Wildman–Crippen LogP) is 3.89. The monoisotopic (exact) mass is 349 g/mol. The summed E-state index contributed by atoms with van der Waals surface area (Å²) in [5.74, 6) is 1.42. The van der Waals surface area contributed by atoms with Crippen molar-refractivity contribution in [3.63, 3.8) is 0 Å². The highest BCUT2D eigenvalue weighted by Gasteiger charge is 2.19. The van der Waals surface area contributed by atoms with Gasteiger partial charge in [-0.3, -0.25) is 4.79 Å². The largest absolute Gasteiger partial charge is 0.472 e. The van der Waals surface area contributed by atoms with Crippen LogP contribution in [0.25, 0.3) is 0 Å². The Balaban J connectivity index is 1.52. The lowest BCUT2D eigenvalue weighted by Crippen LogP contribution is -2.32. The van der Waals surface area contributed by atoms with Crippen LogP contribution in [-0.4, -0.2) is 24.1 Å². The Kier molecular flexibility index (Phi) is 4.60. The molecular formula is C21H19NO4. The first-order valence-electron chi connectivity index (χ1n) is 8.53. The molecule has 5 heteroatoms. The number of hydrogen-bond acceptors (Lipinski definition) is 4. The highest BCUT2D eigenvalue weighted by atomic mass is 16.7. The normalized spacial score (nSPS) is 12.2. The van der Waals surface area contributed by atoms with Crippen LogP contribution in [0.3, 0.4) is 0 Å². The van der Waals surface area contributed by atoms with Gasteiger partial charge in [-0.1, -0.05) is 36.4 Å². The van der Waals surface area contributed by atoms with E-state index in [-0.39, 0.29) is 12.7 Å². The minimum absolute atomic E-state index is 0.0488. The fourth-order valence-electron chi connectivity index (χ4n) is 2.99. The SMILES string of the molecule is O=C(c1ccoc1)N(CCc1ccccc1)Cc1ccc2c(c1)OCO2. The minimum Gasteiger partial charge on any atom is -0.472 e. The molecule has 1 aliphatic heterocycles. The van der Waals surface area contributed by atoms with E-state index in [2.05, 4.69) is 12.1 Å². The van der Waals surface area contributed by atoms with E-state index in [9.17, 15) is 4.79 Å². The molecule has 0 radical (unpaired) electrons. The predicted molar refractivity (Wildman–Crippen MR) is 96.2 cm³/mol. The molecule has 0 N–H and O–H groups in total. The Labute approximate surface area is 151 Å². The molecule has 26 heavy (non-hydrogen) atoms. The molecule has 0 atom stereocenters. The zero-order valence-electron chi connectivity index (χ0n) is 14.3. The number of hydrogen-bond donors (Lipinski definition) is 0. The van der Waals surface area contributed by atoms with Crippen LogP contribution in [0, 0.1) is 0 Å². The van der Waals surface area contributed by atoms with E-state index in [0.717, 1.165) is 23.5 Å². The minimum atomic E-state index is -0.0488. The second-order valence-electron chi connectivity index (χ2n) is 6.16. The number of ether oxygens (including phenoxy) is 2. The van der Waals surface area contributed by atoms with E-state index in [1.54, 1.807) is 6.07 Å². The molecule has 0 fully saturated rings. The lowest BCUT2D eigenvalue weighted by Gasteiger charge is -2.22. The van der Waals surface area contributed by atoms with Crippen molar-refractivity contribution in [1.82, 2.24) is 4.90 Å². The molecular weight excluding hydrogens is 330 g/mol. The van der Waals surface area contributed by atoms with Gasteiger partial charge in [0.2, 0.25) is 6.79 Å². The van der Waals surface area contributed by atoms with Crippen LogP contribution in [0.15, 0.2) is 71.5 Å². The number of carbonyl (C=O) groups excluding carboxylic acids is 1. The standard InChI is InChI=1S/C21H19NO4/c23-21(18-9-11-24-14-18)22(10-8-16-4-2-1-3-5-16)13-17-6-7-19-20(12-17)26-15-25-19/h1-7,9,11-12,14H,8,10,13,15H2. The van der Waals surface area contributed by atoms with Crippen molar-refractivity contribution in [3.8, 4) is 11.5 Å². The zero-order valence-corrected chi connectivity index (χ0v) is 14.3. The molecule has 0 saturated heterocycles. The second kappa shape index (κ2) is 7.35. The third-order valence-corrected chi connectivity index (χ3v) is 4.38. The van der Waals surface area contributed by atoms with Gasteiger partial charge in [-0.15, -0.1) is 0 Å². The first kappa shape index (κ1) is 16.3. The van der Waals surface area contributed by atoms with Crippen LogP contribution in [0.4, 0.5) is 0 Å². The van der Waals surface area contributed by atoms with Crippen molar-refractivity contribution in [2.75, 3.05) is 13.3 Å². The molecule has 0 saturated carbocycles. The first-order chi connectivity index (χ1) is 12.8. The third-order valence-electron chi connectivity index (χ3n) is 4.38. The van der Waals surface area contributed by atoms with Crippen molar-refractivity contribution in [1.29, 1.82) is 0 Å². The summed E-state index contributed by atoms with van der Waals surface area (Å²) in [5, 5.41) is 0. The molecule has 1 amide bonds. The molecule has 0 bridgehead atoms. The Morgan fingerprint density at radius 1 is 0.962 bits per heavy atom. The van der Waals surface area contributed by atoms with Crippen LogP contribution in [0.1, 0.15) is 21.5 Å². The van der Waals surface area contributed by atoms with E-state index in [0.29, 0.717) is 18.7 Å². The fourth-order valence-corrected chi connectivity index (χ4v) is 2.99. The molecule has 1 aliphatic rings. The summed E-state index contributed by atoms with van der Waals surface area (Å²) in [6.45, 7) is 1.35. The molecule has 132 valence electrons. The number of nitrogens with zero attached hydrogens (tertiary/aromatic N) is 1. The van der Waals surface area contributed by atoms with Crippen molar-refractivity contribution < 1.29 is 18.7 Å². The highest BCUT2D eigenvalue weighted by molar-refractivity contribution is 5.93. The van der Waals surface area contributed by atoms with Crippen molar-refractivity contribution >= 4 is 5.91 Å². The van der Waals surface area contributed by atoms with Crippen LogP contribution >= 0.6 is 0 Å². The topological polar surface area (TPSA) is 51.9 Å². The molecule has 5 nitrogen and oxygen atoms in total. The van der Waals surface area contributed by atoms with E-state index in [1.807, 2.05) is 41.3 Å². The second-order valence-corrected chi connectivity index (χ2v) is 6.16. The summed E-state index contributed by atoms with van der Waals surface area (Å²) in [5.41, 5.74) is 2.75. The Morgan fingerprint density at radius 3 is 2.62 bits per heavy atom. The maximum Gasteiger partial charge on any atom is 0.257 e. The lowest BCUT2D eigenvalue weighted by molar-refractivity contribution is 0.0744. The summed E-state index contributed by atoms with van der Waals surface area (Å²) in [4.78, 5) is 14.7. The van der Waals surface area contributed by atoms with Gasteiger partial charge in [0.25, 0.3) is 5.91 Å². The zero-order chi connectivity index (χ0) is 17.8. The van der Waals surface area contributed by atoms with Gasteiger partial charge < -0.3 is 18.8 Å². The molecule has 1 aromatic heterocycles. The fraction of sp³-hybridized carbons (Fsp3) is 0.190. The van der Waals surface area contributed by atoms with Crippen LogP contribution in [0.2, 0.25) is 0 Å². The quantitative estimate of drug-likeness (QED) is 0.677. The van der Waals surface area contributed by atoms with Crippen LogP contribution in [-0.2, 0) is 13.0 Å². The maximum absolute atomic E-state index is 12.9. The highest BCUT2D eigenvalue weighted by Crippen LogP contribution is 2.33. The summed E-state index contributed by atoms with van der Waals surface area (Å²) in [7, 11) is 0. The Hall–Kier alpha value is -3.21. The van der Waals surface area contributed by atoms with E-state index in [1.165, 1.54) is 18.1 Å². The molecule has 0 unspecified atom stereocenters. The number of amides is 1. The first-order valence-corrected chi connectivity index (χ1v) is 8.53. The smallest absolute Gasteiger partial charge is 0.257 e. The summed E-state index contributed by atoms with van der Waals surface area (Å²) in [6.07, 6.45) is 3.79. The third kappa shape index (κ3) is 3.57. The average molecular weight is 349 g/mol. The van der Waals surface area contributed by atoms with Gasteiger partial charge in [0, 0.05) is 13.1 Å².